The molecule has 2 heterocycles. The first-order valence-electron chi connectivity index (χ1n) is 6.74. The van der Waals surface area contributed by atoms with Gasteiger partial charge in [0.2, 0.25) is 5.95 Å². The highest BCUT2D eigenvalue weighted by molar-refractivity contribution is 5.30. The van der Waals surface area contributed by atoms with Crippen LogP contribution in [0.1, 0.15) is 30.8 Å². The zero-order valence-electron chi connectivity index (χ0n) is 12.1. The quantitative estimate of drug-likeness (QED) is 0.896. The van der Waals surface area contributed by atoms with Crippen molar-refractivity contribution in [2.24, 2.45) is 5.92 Å². The van der Waals surface area contributed by atoms with E-state index in [1.165, 1.54) is 5.56 Å². The van der Waals surface area contributed by atoms with Crippen LogP contribution in [-0.2, 0) is 6.54 Å². The molecule has 0 bridgehead atoms. The fourth-order valence-corrected chi connectivity index (χ4v) is 1.95. The molecule has 0 amide bonds. The highest BCUT2D eigenvalue weighted by Crippen LogP contribution is 2.13. The van der Waals surface area contributed by atoms with Crippen molar-refractivity contribution in [2.75, 3.05) is 11.9 Å². The molecule has 0 atom stereocenters. The minimum atomic E-state index is 0.599. The summed E-state index contributed by atoms with van der Waals surface area (Å²) in [5.74, 6) is 1.53. The molecule has 2 aromatic rings. The normalized spacial score (nSPS) is 11.0. The van der Waals surface area contributed by atoms with Crippen molar-refractivity contribution >= 4 is 5.95 Å². The van der Waals surface area contributed by atoms with Crippen molar-refractivity contribution in [3.8, 4) is 0 Å². The van der Waals surface area contributed by atoms with Gasteiger partial charge in [0, 0.05) is 18.9 Å². The molecule has 0 fully saturated rings. The molecule has 102 valence electrons. The van der Waals surface area contributed by atoms with E-state index in [0.717, 1.165) is 30.4 Å². The lowest BCUT2D eigenvalue weighted by Gasteiger charge is -2.12. The Balaban J connectivity index is 2.18. The average Bonchev–Trinajstić information content (AvgIpc) is 2.70. The van der Waals surface area contributed by atoms with Gasteiger partial charge < -0.3 is 9.88 Å². The standard InChI is InChI=1S/C15H22N4/c1-11(2)8-17-15-18-13(4)9-19(15)10-14-12(3)6-5-7-16-14/h5-7,9,11H,8,10H2,1-4H3,(H,17,18). The van der Waals surface area contributed by atoms with Crippen molar-refractivity contribution in [3.63, 3.8) is 0 Å². The van der Waals surface area contributed by atoms with Gasteiger partial charge in [-0.25, -0.2) is 4.98 Å². The van der Waals surface area contributed by atoms with Crippen LogP contribution in [0.25, 0.3) is 0 Å². The van der Waals surface area contributed by atoms with Gasteiger partial charge >= 0.3 is 0 Å². The highest BCUT2D eigenvalue weighted by atomic mass is 15.2. The molecular weight excluding hydrogens is 236 g/mol. The van der Waals surface area contributed by atoms with Crippen molar-refractivity contribution < 1.29 is 0 Å². The van der Waals surface area contributed by atoms with Crippen molar-refractivity contribution in [3.05, 3.63) is 41.5 Å². The maximum atomic E-state index is 4.53. The number of anilines is 1. The summed E-state index contributed by atoms with van der Waals surface area (Å²) in [6, 6.07) is 4.06. The van der Waals surface area contributed by atoms with Crippen molar-refractivity contribution in [1.29, 1.82) is 0 Å². The Hall–Kier alpha value is -1.84. The van der Waals surface area contributed by atoms with Gasteiger partial charge in [-0.15, -0.1) is 0 Å². The number of nitrogens with one attached hydrogen (secondary N) is 1. The summed E-state index contributed by atoms with van der Waals surface area (Å²) >= 11 is 0. The lowest BCUT2D eigenvalue weighted by Crippen LogP contribution is -2.13. The van der Waals surface area contributed by atoms with E-state index in [4.69, 9.17) is 0 Å². The van der Waals surface area contributed by atoms with E-state index in [9.17, 15) is 0 Å². The van der Waals surface area contributed by atoms with Gasteiger partial charge in [0.05, 0.1) is 17.9 Å². The Kier molecular flexibility index (Phi) is 4.20. The lowest BCUT2D eigenvalue weighted by molar-refractivity contribution is 0.674. The van der Waals surface area contributed by atoms with Crippen molar-refractivity contribution in [2.45, 2.75) is 34.2 Å². The molecule has 2 aromatic heterocycles. The molecule has 19 heavy (non-hydrogen) atoms. The number of aromatic nitrogens is 3. The maximum Gasteiger partial charge on any atom is 0.203 e. The van der Waals surface area contributed by atoms with E-state index in [1.807, 2.05) is 19.2 Å². The van der Waals surface area contributed by atoms with Gasteiger partial charge in [-0.05, 0) is 31.4 Å². The number of hydrogen-bond acceptors (Lipinski definition) is 3. The van der Waals surface area contributed by atoms with E-state index in [0.29, 0.717) is 5.92 Å². The van der Waals surface area contributed by atoms with Crippen LogP contribution in [0.2, 0.25) is 0 Å². The van der Waals surface area contributed by atoms with Gasteiger partial charge in [0.1, 0.15) is 0 Å². The van der Waals surface area contributed by atoms with E-state index >= 15 is 0 Å². The summed E-state index contributed by atoms with van der Waals surface area (Å²) in [6.07, 6.45) is 3.91. The van der Waals surface area contributed by atoms with E-state index in [1.54, 1.807) is 0 Å². The fraction of sp³-hybridized carbons (Fsp3) is 0.467. The largest absolute Gasteiger partial charge is 0.355 e. The first-order chi connectivity index (χ1) is 9.06. The predicted molar refractivity (Wildman–Crippen MR) is 78.4 cm³/mol. The smallest absolute Gasteiger partial charge is 0.203 e. The van der Waals surface area contributed by atoms with E-state index < -0.39 is 0 Å². The van der Waals surface area contributed by atoms with Crippen LogP contribution in [0.5, 0.6) is 0 Å². The van der Waals surface area contributed by atoms with Crippen molar-refractivity contribution in [1.82, 2.24) is 14.5 Å². The second-order valence-electron chi connectivity index (χ2n) is 5.38. The van der Waals surface area contributed by atoms with Crippen LogP contribution < -0.4 is 5.32 Å². The zero-order valence-corrected chi connectivity index (χ0v) is 12.1. The van der Waals surface area contributed by atoms with Gasteiger partial charge in [-0.3, -0.25) is 4.98 Å². The molecule has 2 rings (SSSR count). The number of aryl methyl sites for hydroxylation is 2. The van der Waals surface area contributed by atoms with E-state index in [-0.39, 0.29) is 0 Å². The SMILES string of the molecule is Cc1cn(Cc2ncccc2C)c(NCC(C)C)n1. The number of nitrogens with zero attached hydrogens (tertiary/aromatic N) is 3. The Morgan fingerprint density at radius 2 is 2.11 bits per heavy atom. The van der Waals surface area contributed by atoms with Crippen LogP contribution in [0, 0.1) is 19.8 Å². The molecule has 1 N–H and O–H groups in total. The van der Waals surface area contributed by atoms with Crippen LogP contribution >= 0.6 is 0 Å². The summed E-state index contributed by atoms with van der Waals surface area (Å²) in [7, 11) is 0. The first kappa shape index (κ1) is 13.6. The zero-order chi connectivity index (χ0) is 13.8. The first-order valence-corrected chi connectivity index (χ1v) is 6.74. The molecule has 0 aliphatic rings. The third kappa shape index (κ3) is 3.56. The van der Waals surface area contributed by atoms with Gasteiger partial charge in [-0.2, -0.15) is 0 Å². The Labute approximate surface area is 114 Å². The molecule has 0 aliphatic carbocycles. The molecule has 0 saturated heterocycles. The second kappa shape index (κ2) is 5.87. The number of imidazole rings is 1. The highest BCUT2D eigenvalue weighted by Gasteiger charge is 2.08. The molecule has 0 aliphatic heterocycles. The molecule has 0 saturated carbocycles. The molecule has 0 unspecified atom stereocenters. The molecular formula is C15H22N4. The third-order valence-electron chi connectivity index (χ3n) is 3.00. The monoisotopic (exact) mass is 258 g/mol. The van der Waals surface area contributed by atoms with Crippen LogP contribution in [0.4, 0.5) is 5.95 Å². The minimum Gasteiger partial charge on any atom is -0.355 e. The minimum absolute atomic E-state index is 0.599. The van der Waals surface area contributed by atoms with Gasteiger partial charge in [0.15, 0.2) is 0 Å². The average molecular weight is 258 g/mol. The summed E-state index contributed by atoms with van der Waals surface area (Å²) in [6.45, 7) is 10.2. The fourth-order valence-electron chi connectivity index (χ4n) is 1.95. The van der Waals surface area contributed by atoms with Gasteiger partial charge in [0.25, 0.3) is 0 Å². The second-order valence-corrected chi connectivity index (χ2v) is 5.38. The molecule has 0 radical (unpaired) electrons. The summed E-state index contributed by atoms with van der Waals surface area (Å²) in [4.78, 5) is 8.98. The third-order valence-corrected chi connectivity index (χ3v) is 3.00. The summed E-state index contributed by atoms with van der Waals surface area (Å²) < 4.78 is 2.13. The van der Waals surface area contributed by atoms with Crippen LogP contribution in [0.3, 0.4) is 0 Å². The molecule has 4 heteroatoms. The molecule has 4 nitrogen and oxygen atoms in total. The number of hydrogen-bond donors (Lipinski definition) is 1. The summed E-state index contributed by atoms with van der Waals surface area (Å²) in [5.41, 5.74) is 3.33. The topological polar surface area (TPSA) is 42.7 Å². The Bertz CT molecular complexity index is 543. The van der Waals surface area contributed by atoms with Crippen LogP contribution in [0.15, 0.2) is 24.5 Å². The Morgan fingerprint density at radius 1 is 1.32 bits per heavy atom. The number of rotatable bonds is 5. The predicted octanol–water partition coefficient (Wildman–Crippen LogP) is 3.01. The van der Waals surface area contributed by atoms with Crippen LogP contribution in [-0.4, -0.2) is 21.1 Å². The number of pyridine rings is 1. The van der Waals surface area contributed by atoms with E-state index in [2.05, 4.69) is 52.9 Å². The Morgan fingerprint density at radius 3 is 2.79 bits per heavy atom. The molecule has 0 spiro atoms. The summed E-state index contributed by atoms with van der Waals surface area (Å²) in [5, 5.41) is 3.40. The maximum absolute atomic E-state index is 4.53. The molecule has 0 aromatic carbocycles. The lowest BCUT2D eigenvalue weighted by atomic mass is 10.2. The van der Waals surface area contributed by atoms with Gasteiger partial charge in [-0.1, -0.05) is 19.9 Å².